The van der Waals surface area contributed by atoms with Crippen LogP contribution in [-0.4, -0.2) is 56.6 Å². The average Bonchev–Trinajstić information content (AvgIpc) is 2.87. The van der Waals surface area contributed by atoms with Crippen molar-refractivity contribution in [3.63, 3.8) is 0 Å². The second kappa shape index (κ2) is 8.28. The molecule has 0 aliphatic carbocycles. The minimum atomic E-state index is 0.432. The van der Waals surface area contributed by atoms with Crippen molar-refractivity contribution in [1.29, 1.82) is 0 Å². The summed E-state index contributed by atoms with van der Waals surface area (Å²) in [6.45, 7) is 3.58. The van der Waals surface area contributed by atoms with E-state index in [1.54, 1.807) is 0 Å². The Morgan fingerprint density at radius 1 is 1.38 bits per heavy atom. The molecule has 0 spiro atoms. The molecule has 1 aliphatic rings. The molecular formula is C17H28BrN3. The Morgan fingerprint density at radius 2 is 2.10 bits per heavy atom. The van der Waals surface area contributed by atoms with Crippen molar-refractivity contribution in [2.75, 3.05) is 40.8 Å². The van der Waals surface area contributed by atoms with Gasteiger partial charge in [0.1, 0.15) is 0 Å². The number of nitrogens with zero attached hydrogens (tertiary/aromatic N) is 2. The first-order valence-electron chi connectivity index (χ1n) is 7.91. The fourth-order valence-corrected chi connectivity index (χ4v) is 3.45. The summed E-state index contributed by atoms with van der Waals surface area (Å²) in [5.41, 5.74) is 1.37. The van der Waals surface area contributed by atoms with Crippen molar-refractivity contribution in [3.8, 4) is 0 Å². The molecule has 1 saturated heterocycles. The molecule has 0 aromatic heterocycles. The van der Waals surface area contributed by atoms with E-state index in [9.17, 15) is 0 Å². The summed E-state index contributed by atoms with van der Waals surface area (Å²) in [6, 6.07) is 9.83. The third-order valence-corrected chi connectivity index (χ3v) is 5.14. The summed E-state index contributed by atoms with van der Waals surface area (Å²) in [4.78, 5) is 4.98. The number of benzene rings is 1. The second-order valence-corrected chi connectivity index (χ2v) is 7.14. The highest BCUT2D eigenvalue weighted by Gasteiger charge is 2.22. The predicted octanol–water partition coefficient (Wildman–Crippen LogP) is 3.13. The van der Waals surface area contributed by atoms with Crippen LogP contribution in [0, 0.1) is 0 Å². The van der Waals surface area contributed by atoms with Crippen LogP contribution in [0.25, 0.3) is 0 Å². The summed E-state index contributed by atoms with van der Waals surface area (Å²) in [7, 11) is 6.56. The molecular weight excluding hydrogens is 326 g/mol. The Morgan fingerprint density at radius 3 is 2.67 bits per heavy atom. The Bertz CT molecular complexity index is 421. The quantitative estimate of drug-likeness (QED) is 0.812. The van der Waals surface area contributed by atoms with Crippen LogP contribution in [0.2, 0.25) is 0 Å². The van der Waals surface area contributed by atoms with Crippen LogP contribution in [0.15, 0.2) is 28.7 Å². The van der Waals surface area contributed by atoms with Crippen molar-refractivity contribution in [3.05, 3.63) is 34.3 Å². The number of hydrogen-bond acceptors (Lipinski definition) is 3. The number of halogens is 1. The molecule has 1 aliphatic heterocycles. The molecule has 1 N–H and O–H groups in total. The van der Waals surface area contributed by atoms with Crippen molar-refractivity contribution in [1.82, 2.24) is 15.1 Å². The largest absolute Gasteiger partial charge is 0.313 e. The van der Waals surface area contributed by atoms with Gasteiger partial charge in [-0.1, -0.05) is 28.1 Å². The highest BCUT2D eigenvalue weighted by Crippen LogP contribution is 2.20. The minimum absolute atomic E-state index is 0.432. The summed E-state index contributed by atoms with van der Waals surface area (Å²) in [6.07, 6.45) is 3.85. The molecule has 2 unspecified atom stereocenters. The van der Waals surface area contributed by atoms with E-state index in [0.717, 1.165) is 23.5 Å². The predicted molar refractivity (Wildman–Crippen MR) is 93.7 cm³/mol. The zero-order chi connectivity index (χ0) is 15.2. The molecule has 1 fully saturated rings. The van der Waals surface area contributed by atoms with E-state index in [0.29, 0.717) is 6.04 Å². The van der Waals surface area contributed by atoms with Crippen LogP contribution in [0.5, 0.6) is 0 Å². The van der Waals surface area contributed by atoms with Gasteiger partial charge in [0, 0.05) is 23.1 Å². The zero-order valence-corrected chi connectivity index (χ0v) is 15.1. The van der Waals surface area contributed by atoms with Gasteiger partial charge in [0.05, 0.1) is 0 Å². The molecule has 21 heavy (non-hydrogen) atoms. The van der Waals surface area contributed by atoms with Crippen LogP contribution >= 0.6 is 15.9 Å². The van der Waals surface area contributed by atoms with Gasteiger partial charge in [-0.3, -0.25) is 0 Å². The van der Waals surface area contributed by atoms with Gasteiger partial charge in [0.15, 0.2) is 0 Å². The third kappa shape index (κ3) is 5.06. The van der Waals surface area contributed by atoms with Crippen molar-refractivity contribution < 1.29 is 0 Å². The van der Waals surface area contributed by atoms with Gasteiger partial charge >= 0.3 is 0 Å². The Kier molecular flexibility index (Phi) is 6.68. The topological polar surface area (TPSA) is 18.5 Å². The smallest absolute Gasteiger partial charge is 0.0329 e. The van der Waals surface area contributed by atoms with E-state index >= 15 is 0 Å². The lowest BCUT2D eigenvalue weighted by Gasteiger charge is -2.27. The van der Waals surface area contributed by atoms with Crippen molar-refractivity contribution >= 4 is 15.9 Å². The molecule has 0 saturated carbocycles. The lowest BCUT2D eigenvalue weighted by molar-refractivity contribution is 0.214. The molecule has 2 rings (SSSR count). The summed E-state index contributed by atoms with van der Waals surface area (Å²) >= 11 is 3.50. The van der Waals surface area contributed by atoms with Gasteiger partial charge < -0.3 is 15.1 Å². The normalized spacial score (nSPS) is 21.1. The van der Waals surface area contributed by atoms with E-state index in [-0.39, 0.29) is 0 Å². The summed E-state index contributed by atoms with van der Waals surface area (Å²) in [5.74, 6) is 0. The first-order chi connectivity index (χ1) is 10.1. The van der Waals surface area contributed by atoms with Crippen LogP contribution < -0.4 is 5.32 Å². The number of nitrogens with one attached hydrogen (secondary N) is 1. The fraction of sp³-hybridized carbons (Fsp3) is 0.647. The molecule has 3 nitrogen and oxygen atoms in total. The van der Waals surface area contributed by atoms with Gasteiger partial charge in [0.25, 0.3) is 0 Å². The molecule has 1 aromatic carbocycles. The minimum Gasteiger partial charge on any atom is -0.313 e. The van der Waals surface area contributed by atoms with E-state index in [4.69, 9.17) is 0 Å². The van der Waals surface area contributed by atoms with E-state index in [1.165, 1.54) is 31.5 Å². The van der Waals surface area contributed by atoms with Gasteiger partial charge in [-0.2, -0.15) is 0 Å². The highest BCUT2D eigenvalue weighted by molar-refractivity contribution is 9.10. The first-order valence-corrected chi connectivity index (χ1v) is 8.71. The maximum Gasteiger partial charge on any atom is 0.0329 e. The van der Waals surface area contributed by atoms with E-state index in [2.05, 4.69) is 76.5 Å². The maximum atomic E-state index is 3.50. The Labute approximate surface area is 137 Å². The van der Waals surface area contributed by atoms with Gasteiger partial charge in [-0.25, -0.2) is 0 Å². The number of rotatable bonds is 7. The lowest BCUT2D eigenvalue weighted by Crippen LogP contribution is -2.37. The molecule has 2 atom stereocenters. The maximum absolute atomic E-state index is 3.50. The molecule has 0 radical (unpaired) electrons. The van der Waals surface area contributed by atoms with Crippen LogP contribution in [0.1, 0.15) is 30.9 Å². The zero-order valence-electron chi connectivity index (χ0n) is 13.5. The monoisotopic (exact) mass is 353 g/mol. The Hall–Kier alpha value is -0.420. The van der Waals surface area contributed by atoms with Gasteiger partial charge in [-0.05, 0) is 71.2 Å². The van der Waals surface area contributed by atoms with Crippen molar-refractivity contribution in [2.45, 2.75) is 31.3 Å². The number of hydrogen-bond donors (Lipinski definition) is 1. The molecule has 0 amide bonds. The average molecular weight is 354 g/mol. The molecule has 1 heterocycles. The first kappa shape index (κ1) is 16.9. The standard InChI is InChI=1S/C17H28BrN3/c1-19-17(14-6-8-15(18)9-7-14)10-12-20(2)13-16-5-4-11-21(16)3/h6-9,16-17,19H,4-5,10-13H2,1-3H3. The second-order valence-electron chi connectivity index (χ2n) is 6.22. The van der Waals surface area contributed by atoms with Gasteiger partial charge in [-0.15, -0.1) is 0 Å². The Balaban J connectivity index is 1.80. The third-order valence-electron chi connectivity index (χ3n) is 4.61. The van der Waals surface area contributed by atoms with Crippen LogP contribution in [0.3, 0.4) is 0 Å². The fourth-order valence-electron chi connectivity index (χ4n) is 3.18. The molecule has 118 valence electrons. The highest BCUT2D eigenvalue weighted by atomic mass is 79.9. The molecule has 1 aromatic rings. The lowest BCUT2D eigenvalue weighted by atomic mass is 10.0. The van der Waals surface area contributed by atoms with Crippen LogP contribution in [0.4, 0.5) is 0 Å². The van der Waals surface area contributed by atoms with Crippen LogP contribution in [-0.2, 0) is 0 Å². The van der Waals surface area contributed by atoms with E-state index < -0.39 is 0 Å². The molecule has 0 bridgehead atoms. The summed E-state index contributed by atoms with van der Waals surface area (Å²) in [5, 5.41) is 3.44. The number of likely N-dealkylation sites (N-methyl/N-ethyl adjacent to an activating group) is 2. The SMILES string of the molecule is CNC(CCN(C)CC1CCCN1C)c1ccc(Br)cc1. The summed E-state index contributed by atoms with van der Waals surface area (Å²) < 4.78 is 1.14. The van der Waals surface area contributed by atoms with E-state index in [1.807, 2.05) is 0 Å². The molecule has 4 heteroatoms. The number of likely N-dealkylation sites (tertiary alicyclic amines) is 1. The van der Waals surface area contributed by atoms with Crippen molar-refractivity contribution in [2.24, 2.45) is 0 Å². The van der Waals surface area contributed by atoms with Gasteiger partial charge in [0.2, 0.25) is 0 Å².